The number of carbonyl (C=O) groups excluding carboxylic acids is 1. The highest BCUT2D eigenvalue weighted by atomic mass is 16.3. The lowest BCUT2D eigenvalue weighted by atomic mass is 9.95. The van der Waals surface area contributed by atoms with Crippen LogP contribution < -0.4 is 5.32 Å². The van der Waals surface area contributed by atoms with E-state index in [0.29, 0.717) is 11.8 Å². The summed E-state index contributed by atoms with van der Waals surface area (Å²) in [6, 6.07) is 3.87. The summed E-state index contributed by atoms with van der Waals surface area (Å²) >= 11 is 0. The molecule has 0 radical (unpaired) electrons. The number of aromatic nitrogens is 1. The molecule has 1 aromatic heterocycles. The van der Waals surface area contributed by atoms with E-state index in [2.05, 4.69) is 31.1 Å². The Balaban J connectivity index is 2.00. The van der Waals surface area contributed by atoms with Crippen LogP contribution in [0.15, 0.2) is 24.5 Å². The molecule has 1 fully saturated rings. The van der Waals surface area contributed by atoms with Crippen molar-refractivity contribution in [3.8, 4) is 0 Å². The van der Waals surface area contributed by atoms with E-state index in [1.54, 1.807) is 6.20 Å². The molecule has 1 amide bonds. The number of aliphatic hydroxyl groups is 1. The van der Waals surface area contributed by atoms with Crippen LogP contribution in [0.5, 0.6) is 0 Å². The maximum Gasteiger partial charge on any atom is 0.239 e. The fourth-order valence-corrected chi connectivity index (χ4v) is 3.30. The predicted octanol–water partition coefficient (Wildman–Crippen LogP) is 2.38. The molecule has 2 heterocycles. The molecule has 1 aliphatic heterocycles. The smallest absolute Gasteiger partial charge is 0.239 e. The average molecular weight is 333 g/mol. The molecule has 0 bridgehead atoms. The van der Waals surface area contributed by atoms with Gasteiger partial charge in [0, 0.05) is 38.1 Å². The van der Waals surface area contributed by atoms with Crippen LogP contribution in [0.2, 0.25) is 0 Å². The SMILES string of the molecule is CC(C)CC(NC(C)c1cccnc1)C(=O)N1CCC(CO)CC1. The lowest BCUT2D eigenvalue weighted by Gasteiger charge is -2.35. The van der Waals surface area contributed by atoms with E-state index in [9.17, 15) is 9.90 Å². The van der Waals surface area contributed by atoms with Gasteiger partial charge in [0.1, 0.15) is 0 Å². The second kappa shape index (κ2) is 9.14. The highest BCUT2D eigenvalue weighted by molar-refractivity contribution is 5.82. The number of pyridine rings is 1. The van der Waals surface area contributed by atoms with Crippen molar-refractivity contribution in [1.82, 2.24) is 15.2 Å². The van der Waals surface area contributed by atoms with Crippen LogP contribution in [0.3, 0.4) is 0 Å². The largest absolute Gasteiger partial charge is 0.396 e. The molecule has 0 saturated carbocycles. The molecule has 134 valence electrons. The summed E-state index contributed by atoms with van der Waals surface area (Å²) in [4.78, 5) is 19.1. The zero-order valence-corrected chi connectivity index (χ0v) is 15.1. The molecule has 1 saturated heterocycles. The molecule has 5 nitrogen and oxygen atoms in total. The number of aliphatic hydroxyl groups excluding tert-OH is 1. The third-order valence-corrected chi connectivity index (χ3v) is 4.83. The zero-order valence-electron chi connectivity index (χ0n) is 15.1. The van der Waals surface area contributed by atoms with E-state index in [0.717, 1.165) is 37.9 Å². The summed E-state index contributed by atoms with van der Waals surface area (Å²) in [5, 5.41) is 12.8. The molecule has 2 rings (SSSR count). The first kappa shape index (κ1) is 18.9. The molecule has 5 heteroatoms. The molecule has 2 atom stereocenters. The van der Waals surface area contributed by atoms with Gasteiger partial charge >= 0.3 is 0 Å². The monoisotopic (exact) mass is 333 g/mol. The fourth-order valence-electron chi connectivity index (χ4n) is 3.30. The first-order chi connectivity index (χ1) is 11.5. The third-order valence-electron chi connectivity index (χ3n) is 4.83. The third kappa shape index (κ3) is 5.28. The van der Waals surface area contributed by atoms with Gasteiger partial charge in [-0.15, -0.1) is 0 Å². The predicted molar refractivity (Wildman–Crippen MR) is 95.4 cm³/mol. The van der Waals surface area contributed by atoms with Gasteiger partial charge in [-0.3, -0.25) is 15.1 Å². The molecular weight excluding hydrogens is 302 g/mol. The number of carbonyl (C=O) groups is 1. The number of nitrogens with one attached hydrogen (secondary N) is 1. The zero-order chi connectivity index (χ0) is 17.5. The maximum absolute atomic E-state index is 13.0. The van der Waals surface area contributed by atoms with Crippen LogP contribution in [0.1, 0.15) is 51.6 Å². The molecule has 24 heavy (non-hydrogen) atoms. The topological polar surface area (TPSA) is 65.5 Å². The van der Waals surface area contributed by atoms with E-state index in [4.69, 9.17) is 0 Å². The van der Waals surface area contributed by atoms with Crippen molar-refractivity contribution in [2.24, 2.45) is 11.8 Å². The Morgan fingerprint density at radius 1 is 1.38 bits per heavy atom. The van der Waals surface area contributed by atoms with Crippen LogP contribution in [0.25, 0.3) is 0 Å². The molecule has 1 aliphatic rings. The van der Waals surface area contributed by atoms with Gasteiger partial charge in [0.2, 0.25) is 5.91 Å². The van der Waals surface area contributed by atoms with Crippen LogP contribution in [-0.2, 0) is 4.79 Å². The van der Waals surface area contributed by atoms with E-state index in [1.807, 2.05) is 23.2 Å². The van der Waals surface area contributed by atoms with Crippen molar-refractivity contribution in [1.29, 1.82) is 0 Å². The molecule has 2 unspecified atom stereocenters. The van der Waals surface area contributed by atoms with Crippen molar-refractivity contribution in [3.63, 3.8) is 0 Å². The Labute approximate surface area is 145 Å². The van der Waals surface area contributed by atoms with Crippen LogP contribution >= 0.6 is 0 Å². The van der Waals surface area contributed by atoms with Crippen LogP contribution in [0.4, 0.5) is 0 Å². The molecule has 0 aromatic carbocycles. The molecular formula is C19H31N3O2. The number of nitrogens with zero attached hydrogens (tertiary/aromatic N) is 2. The Kier molecular flexibility index (Phi) is 7.18. The van der Waals surface area contributed by atoms with E-state index in [-0.39, 0.29) is 24.6 Å². The van der Waals surface area contributed by atoms with Crippen LogP contribution in [-0.4, -0.2) is 46.6 Å². The number of rotatable bonds is 7. The quantitative estimate of drug-likeness (QED) is 0.804. The molecule has 0 spiro atoms. The Bertz CT molecular complexity index is 499. The number of hydrogen-bond acceptors (Lipinski definition) is 4. The van der Waals surface area contributed by atoms with Crippen molar-refractivity contribution in [2.45, 2.75) is 52.1 Å². The molecule has 2 N–H and O–H groups in total. The number of piperidine rings is 1. The Morgan fingerprint density at radius 2 is 2.08 bits per heavy atom. The van der Waals surface area contributed by atoms with Gasteiger partial charge < -0.3 is 10.0 Å². The lowest BCUT2D eigenvalue weighted by Crippen LogP contribution is -2.50. The van der Waals surface area contributed by atoms with Crippen molar-refractivity contribution in [2.75, 3.05) is 19.7 Å². The minimum absolute atomic E-state index is 0.0846. The Morgan fingerprint density at radius 3 is 2.62 bits per heavy atom. The first-order valence-corrected chi connectivity index (χ1v) is 9.06. The second-order valence-electron chi connectivity index (χ2n) is 7.31. The number of hydrogen-bond donors (Lipinski definition) is 2. The normalized spacial score (nSPS) is 18.6. The summed E-state index contributed by atoms with van der Waals surface area (Å²) in [7, 11) is 0. The maximum atomic E-state index is 13.0. The Hall–Kier alpha value is -1.46. The van der Waals surface area contributed by atoms with Gasteiger partial charge in [0.25, 0.3) is 0 Å². The summed E-state index contributed by atoms with van der Waals surface area (Å²) in [5.41, 5.74) is 1.10. The van der Waals surface area contributed by atoms with Gasteiger partial charge in [-0.05, 0) is 49.7 Å². The number of amides is 1. The standard InChI is InChI=1S/C19H31N3O2/c1-14(2)11-18(21-15(3)17-5-4-8-20-12-17)19(24)22-9-6-16(13-23)7-10-22/h4-5,8,12,14-16,18,21,23H,6-7,9-11,13H2,1-3H3. The van der Waals surface area contributed by atoms with Gasteiger partial charge in [0.15, 0.2) is 0 Å². The molecule has 0 aliphatic carbocycles. The minimum Gasteiger partial charge on any atom is -0.396 e. The summed E-state index contributed by atoms with van der Waals surface area (Å²) < 4.78 is 0. The number of likely N-dealkylation sites (tertiary alicyclic amines) is 1. The first-order valence-electron chi connectivity index (χ1n) is 9.06. The lowest BCUT2D eigenvalue weighted by molar-refractivity contribution is -0.135. The van der Waals surface area contributed by atoms with E-state index in [1.165, 1.54) is 0 Å². The van der Waals surface area contributed by atoms with E-state index < -0.39 is 0 Å². The highest BCUT2D eigenvalue weighted by Gasteiger charge is 2.29. The second-order valence-corrected chi connectivity index (χ2v) is 7.31. The van der Waals surface area contributed by atoms with Crippen molar-refractivity contribution >= 4 is 5.91 Å². The van der Waals surface area contributed by atoms with Crippen LogP contribution in [0, 0.1) is 11.8 Å². The van der Waals surface area contributed by atoms with Gasteiger partial charge in [-0.2, -0.15) is 0 Å². The molecule has 1 aromatic rings. The van der Waals surface area contributed by atoms with Crippen molar-refractivity contribution in [3.05, 3.63) is 30.1 Å². The fraction of sp³-hybridized carbons (Fsp3) is 0.684. The summed E-state index contributed by atoms with van der Waals surface area (Å²) in [6.45, 7) is 8.11. The summed E-state index contributed by atoms with van der Waals surface area (Å²) in [5.74, 6) is 0.984. The van der Waals surface area contributed by atoms with Crippen molar-refractivity contribution < 1.29 is 9.90 Å². The average Bonchev–Trinajstić information content (AvgIpc) is 2.61. The van der Waals surface area contributed by atoms with Gasteiger partial charge in [-0.1, -0.05) is 19.9 Å². The van der Waals surface area contributed by atoms with Gasteiger partial charge in [0.05, 0.1) is 6.04 Å². The van der Waals surface area contributed by atoms with E-state index >= 15 is 0 Å². The van der Waals surface area contributed by atoms with Gasteiger partial charge in [-0.25, -0.2) is 0 Å². The minimum atomic E-state index is -0.175. The highest BCUT2D eigenvalue weighted by Crippen LogP contribution is 2.20. The summed E-state index contributed by atoms with van der Waals surface area (Å²) in [6.07, 6.45) is 6.23.